The monoisotopic (exact) mass is 394 g/mol. The number of esters is 2. The molecule has 0 fully saturated rings. The summed E-state index contributed by atoms with van der Waals surface area (Å²) in [6, 6.07) is 11.5. The van der Waals surface area contributed by atoms with Crippen LogP contribution in [0.15, 0.2) is 54.6 Å². The van der Waals surface area contributed by atoms with E-state index < -0.39 is 24.7 Å². The highest BCUT2D eigenvalue weighted by molar-refractivity contribution is 5.91. The second-order valence-electron chi connectivity index (χ2n) is 5.47. The molecule has 0 aliphatic heterocycles. The van der Waals surface area contributed by atoms with Crippen molar-refractivity contribution >= 4 is 18.0 Å². The van der Waals surface area contributed by atoms with Gasteiger partial charge in [-0.3, -0.25) is 0 Å². The zero-order valence-corrected chi connectivity index (χ0v) is 14.9. The Labute approximate surface area is 159 Å². The number of carbonyl (C=O) groups excluding carboxylic acids is 2. The van der Waals surface area contributed by atoms with Gasteiger partial charge in [-0.2, -0.15) is 13.2 Å². The predicted octanol–water partition coefficient (Wildman–Crippen LogP) is 4.42. The van der Waals surface area contributed by atoms with Gasteiger partial charge in [0.15, 0.2) is 6.61 Å². The smallest absolute Gasteiger partial charge is 0.422 e. The van der Waals surface area contributed by atoms with E-state index in [1.54, 1.807) is 37.3 Å². The Kier molecular flexibility index (Phi) is 7.20. The summed E-state index contributed by atoms with van der Waals surface area (Å²) in [5.74, 6) is -0.861. The second-order valence-corrected chi connectivity index (χ2v) is 5.47. The van der Waals surface area contributed by atoms with E-state index >= 15 is 0 Å². The van der Waals surface area contributed by atoms with Crippen LogP contribution in [0.4, 0.5) is 13.2 Å². The quantitative estimate of drug-likeness (QED) is 0.395. The molecule has 0 atom stereocenters. The average molecular weight is 394 g/mol. The lowest BCUT2D eigenvalue weighted by atomic mass is 10.2. The van der Waals surface area contributed by atoms with Crippen molar-refractivity contribution in [1.82, 2.24) is 0 Å². The summed E-state index contributed by atoms with van der Waals surface area (Å²) in [6.07, 6.45) is -1.59. The van der Waals surface area contributed by atoms with Gasteiger partial charge in [-0.25, -0.2) is 9.59 Å². The van der Waals surface area contributed by atoms with Gasteiger partial charge in [0, 0.05) is 6.08 Å². The van der Waals surface area contributed by atoms with Gasteiger partial charge < -0.3 is 14.2 Å². The van der Waals surface area contributed by atoms with Crippen molar-refractivity contribution in [3.63, 3.8) is 0 Å². The molecular formula is C20H17F3O5. The molecule has 0 spiro atoms. The lowest BCUT2D eigenvalue weighted by Crippen LogP contribution is -2.19. The molecule has 0 radical (unpaired) electrons. The number of ether oxygens (including phenoxy) is 3. The van der Waals surface area contributed by atoms with Crippen molar-refractivity contribution in [2.75, 3.05) is 13.2 Å². The van der Waals surface area contributed by atoms with Crippen LogP contribution in [0.1, 0.15) is 22.8 Å². The molecule has 148 valence electrons. The number of halogens is 3. The molecule has 2 rings (SSSR count). The Bertz CT molecular complexity index is 824. The third-order valence-corrected chi connectivity index (χ3v) is 3.28. The molecule has 28 heavy (non-hydrogen) atoms. The van der Waals surface area contributed by atoms with Crippen LogP contribution in [-0.2, 0) is 9.53 Å². The van der Waals surface area contributed by atoms with Gasteiger partial charge >= 0.3 is 18.1 Å². The molecule has 0 saturated heterocycles. The molecule has 0 bridgehead atoms. The molecule has 2 aromatic carbocycles. The van der Waals surface area contributed by atoms with Crippen LogP contribution >= 0.6 is 0 Å². The van der Waals surface area contributed by atoms with Gasteiger partial charge in [0.25, 0.3) is 0 Å². The van der Waals surface area contributed by atoms with E-state index in [1.165, 1.54) is 30.3 Å². The van der Waals surface area contributed by atoms with E-state index in [9.17, 15) is 22.8 Å². The molecule has 2 aromatic rings. The van der Waals surface area contributed by atoms with Gasteiger partial charge in [-0.1, -0.05) is 12.1 Å². The molecule has 0 saturated carbocycles. The topological polar surface area (TPSA) is 61.8 Å². The van der Waals surface area contributed by atoms with E-state index in [-0.39, 0.29) is 23.7 Å². The zero-order valence-electron chi connectivity index (χ0n) is 14.9. The SMILES string of the molecule is CCOC(=O)/C=C/c1ccc(OC(=O)c2ccc(OCC(F)(F)F)cc2)cc1. The Balaban J connectivity index is 1.92. The lowest BCUT2D eigenvalue weighted by Gasteiger charge is -2.09. The van der Waals surface area contributed by atoms with Crippen LogP contribution in [0.25, 0.3) is 6.08 Å². The number of carbonyl (C=O) groups is 2. The molecular weight excluding hydrogens is 377 g/mol. The van der Waals surface area contributed by atoms with E-state index in [0.29, 0.717) is 5.56 Å². The van der Waals surface area contributed by atoms with E-state index in [4.69, 9.17) is 9.47 Å². The molecule has 0 aliphatic carbocycles. The van der Waals surface area contributed by atoms with Crippen molar-refractivity contribution in [2.24, 2.45) is 0 Å². The first-order valence-electron chi connectivity index (χ1n) is 8.23. The lowest BCUT2D eigenvalue weighted by molar-refractivity contribution is -0.153. The van der Waals surface area contributed by atoms with Crippen molar-refractivity contribution in [2.45, 2.75) is 13.1 Å². The maximum absolute atomic E-state index is 12.1. The first-order chi connectivity index (χ1) is 13.3. The van der Waals surface area contributed by atoms with E-state index in [2.05, 4.69) is 4.74 Å². The number of rotatable bonds is 7. The van der Waals surface area contributed by atoms with Crippen LogP contribution in [0.5, 0.6) is 11.5 Å². The number of hydrogen-bond donors (Lipinski definition) is 0. The Hall–Kier alpha value is -3.29. The fraction of sp³-hybridized carbons (Fsp3) is 0.200. The van der Waals surface area contributed by atoms with Gasteiger partial charge in [-0.05, 0) is 55.0 Å². The Morgan fingerprint density at radius 3 is 2.14 bits per heavy atom. The van der Waals surface area contributed by atoms with Crippen molar-refractivity contribution in [3.8, 4) is 11.5 Å². The Morgan fingerprint density at radius 1 is 0.964 bits per heavy atom. The van der Waals surface area contributed by atoms with Gasteiger partial charge in [0.1, 0.15) is 11.5 Å². The van der Waals surface area contributed by atoms with Crippen LogP contribution < -0.4 is 9.47 Å². The fourth-order valence-corrected chi connectivity index (χ4v) is 2.02. The van der Waals surface area contributed by atoms with Crippen LogP contribution in [0, 0.1) is 0 Å². The third-order valence-electron chi connectivity index (χ3n) is 3.28. The van der Waals surface area contributed by atoms with E-state index in [0.717, 1.165) is 0 Å². The number of hydrogen-bond acceptors (Lipinski definition) is 5. The minimum absolute atomic E-state index is 0.00776. The van der Waals surface area contributed by atoms with Crippen LogP contribution in [0.3, 0.4) is 0 Å². The van der Waals surface area contributed by atoms with Crippen LogP contribution in [0.2, 0.25) is 0 Å². The number of alkyl halides is 3. The maximum Gasteiger partial charge on any atom is 0.422 e. The predicted molar refractivity (Wildman–Crippen MR) is 95.1 cm³/mol. The highest BCUT2D eigenvalue weighted by atomic mass is 19.4. The summed E-state index contributed by atoms with van der Waals surface area (Å²) in [5.41, 5.74) is 0.865. The van der Waals surface area contributed by atoms with Gasteiger partial charge in [-0.15, -0.1) is 0 Å². The normalized spacial score (nSPS) is 11.3. The van der Waals surface area contributed by atoms with Gasteiger partial charge in [0.2, 0.25) is 0 Å². The molecule has 0 aliphatic rings. The molecule has 0 unspecified atom stereocenters. The highest BCUT2D eigenvalue weighted by Gasteiger charge is 2.28. The van der Waals surface area contributed by atoms with Crippen LogP contribution in [-0.4, -0.2) is 31.3 Å². The minimum Gasteiger partial charge on any atom is -0.484 e. The maximum atomic E-state index is 12.1. The summed E-state index contributed by atoms with van der Waals surface area (Å²) in [6.45, 7) is 0.583. The van der Waals surface area contributed by atoms with Crippen molar-refractivity contribution < 1.29 is 37.0 Å². The second kappa shape index (κ2) is 9.59. The molecule has 0 heterocycles. The molecule has 0 amide bonds. The third kappa shape index (κ3) is 7.14. The average Bonchev–Trinajstić information content (AvgIpc) is 2.66. The first kappa shape index (κ1) is 21.0. The standard InChI is InChI=1S/C20H17F3O5/c1-2-26-18(24)12-5-14-3-8-17(9-4-14)28-19(25)15-6-10-16(11-7-15)27-13-20(21,22)23/h3-12H,2,13H2,1H3/b12-5+. The molecule has 5 nitrogen and oxygen atoms in total. The van der Waals surface area contributed by atoms with Gasteiger partial charge in [0.05, 0.1) is 12.2 Å². The summed E-state index contributed by atoms with van der Waals surface area (Å²) in [5, 5.41) is 0. The van der Waals surface area contributed by atoms with E-state index in [1.807, 2.05) is 0 Å². The molecule has 0 aromatic heterocycles. The Morgan fingerprint density at radius 2 is 1.57 bits per heavy atom. The van der Waals surface area contributed by atoms with Crippen molar-refractivity contribution in [1.29, 1.82) is 0 Å². The summed E-state index contributed by atoms with van der Waals surface area (Å²) < 4.78 is 50.9. The fourth-order valence-electron chi connectivity index (χ4n) is 2.02. The molecule has 0 N–H and O–H groups in total. The summed E-state index contributed by atoms with van der Waals surface area (Å²) in [7, 11) is 0. The number of benzene rings is 2. The largest absolute Gasteiger partial charge is 0.484 e. The minimum atomic E-state index is -4.44. The first-order valence-corrected chi connectivity index (χ1v) is 8.23. The molecule has 8 heteroatoms. The summed E-state index contributed by atoms with van der Waals surface area (Å²) >= 11 is 0. The summed E-state index contributed by atoms with van der Waals surface area (Å²) in [4.78, 5) is 23.4. The van der Waals surface area contributed by atoms with Crippen molar-refractivity contribution in [3.05, 3.63) is 65.7 Å². The zero-order chi connectivity index (χ0) is 20.6. The highest BCUT2D eigenvalue weighted by Crippen LogP contribution is 2.20.